The zero-order valence-corrected chi connectivity index (χ0v) is 20.8. The Bertz CT molecular complexity index is 1470. The number of halogens is 1. The van der Waals surface area contributed by atoms with Gasteiger partial charge in [-0.25, -0.2) is 9.18 Å². The molecule has 37 heavy (non-hydrogen) atoms. The summed E-state index contributed by atoms with van der Waals surface area (Å²) in [6.07, 6.45) is 0. The van der Waals surface area contributed by atoms with Crippen LogP contribution in [0.25, 0.3) is 5.70 Å². The van der Waals surface area contributed by atoms with Gasteiger partial charge in [-0.3, -0.25) is 4.79 Å². The van der Waals surface area contributed by atoms with Crippen molar-refractivity contribution in [1.82, 2.24) is 5.32 Å². The van der Waals surface area contributed by atoms with E-state index in [1.54, 1.807) is 49.4 Å². The smallest absolute Gasteiger partial charge is 0.336 e. The van der Waals surface area contributed by atoms with Crippen LogP contribution in [0.5, 0.6) is 11.5 Å². The van der Waals surface area contributed by atoms with Crippen LogP contribution in [0, 0.1) is 5.82 Å². The van der Waals surface area contributed by atoms with Gasteiger partial charge in [0.05, 0.1) is 25.0 Å². The van der Waals surface area contributed by atoms with Crippen molar-refractivity contribution in [3.8, 4) is 11.5 Å². The van der Waals surface area contributed by atoms with Gasteiger partial charge in [0.2, 0.25) is 0 Å². The number of Topliss-reactive ketones (excluding diaryl/α,β-unsaturated/α-hetero) is 1. The summed E-state index contributed by atoms with van der Waals surface area (Å²) in [5.41, 5.74) is 4.61. The average molecular weight is 500 g/mol. The van der Waals surface area contributed by atoms with E-state index in [-0.39, 0.29) is 18.2 Å². The molecule has 0 aromatic heterocycles. The van der Waals surface area contributed by atoms with E-state index in [0.717, 1.165) is 5.56 Å². The van der Waals surface area contributed by atoms with Crippen LogP contribution in [-0.4, -0.2) is 25.5 Å². The van der Waals surface area contributed by atoms with E-state index in [4.69, 9.17) is 14.2 Å². The molecule has 188 valence electrons. The predicted molar refractivity (Wildman–Crippen MR) is 137 cm³/mol. The lowest BCUT2D eigenvalue weighted by molar-refractivity contribution is -0.136. The Morgan fingerprint density at radius 1 is 0.973 bits per heavy atom. The second-order valence-electron chi connectivity index (χ2n) is 8.77. The number of hydrogen-bond donors (Lipinski definition) is 1. The van der Waals surface area contributed by atoms with Gasteiger partial charge in [0.1, 0.15) is 12.4 Å². The molecular formula is C30H26FNO5. The van der Waals surface area contributed by atoms with Crippen LogP contribution in [0.2, 0.25) is 0 Å². The van der Waals surface area contributed by atoms with Crippen LogP contribution in [0.1, 0.15) is 46.8 Å². The van der Waals surface area contributed by atoms with Crippen LogP contribution in [0.4, 0.5) is 4.39 Å². The first kappa shape index (κ1) is 24.3. The number of nitrogens with one attached hydrogen (secondary N) is 1. The molecule has 7 heteroatoms. The Morgan fingerprint density at radius 2 is 1.70 bits per heavy atom. The fourth-order valence-corrected chi connectivity index (χ4v) is 4.91. The third kappa shape index (κ3) is 4.27. The molecule has 1 atom stereocenters. The monoisotopic (exact) mass is 499 g/mol. The standard InChI is InChI=1S/C30H26FNO5/c1-4-36-24-15-18(13-14-23(24)37-16-19-9-5-8-12-22(19)31)26-25(30(34)35-3)17(2)32-28-20-10-6-7-11-21(20)29(33)27(26)28/h5-15,26,32H,4,16H2,1-3H3/t26-/m0/s1. The molecule has 0 spiro atoms. The number of rotatable bonds is 7. The van der Waals surface area contributed by atoms with E-state index in [2.05, 4.69) is 5.32 Å². The molecular weight excluding hydrogens is 473 g/mol. The van der Waals surface area contributed by atoms with Crippen LogP contribution in [-0.2, 0) is 16.1 Å². The molecule has 0 fully saturated rings. The number of esters is 1. The molecule has 0 amide bonds. The van der Waals surface area contributed by atoms with Crippen molar-refractivity contribution in [3.05, 3.63) is 112 Å². The molecule has 3 aromatic carbocycles. The number of carbonyl (C=O) groups is 2. The highest BCUT2D eigenvalue weighted by atomic mass is 19.1. The first-order valence-electron chi connectivity index (χ1n) is 12.0. The Balaban J connectivity index is 1.58. The minimum absolute atomic E-state index is 0.0228. The van der Waals surface area contributed by atoms with Gasteiger partial charge in [-0.05, 0) is 37.6 Å². The Kier molecular flexibility index (Phi) is 6.53. The van der Waals surface area contributed by atoms with Crippen molar-refractivity contribution in [2.75, 3.05) is 13.7 Å². The maximum atomic E-state index is 14.1. The summed E-state index contributed by atoms with van der Waals surface area (Å²) in [6, 6.07) is 19.1. The van der Waals surface area contributed by atoms with E-state index in [9.17, 15) is 14.0 Å². The Hall–Kier alpha value is -4.39. The van der Waals surface area contributed by atoms with Crippen molar-refractivity contribution in [2.24, 2.45) is 0 Å². The maximum Gasteiger partial charge on any atom is 0.336 e. The van der Waals surface area contributed by atoms with Gasteiger partial charge in [0, 0.05) is 33.9 Å². The molecule has 1 N–H and O–H groups in total. The molecule has 2 aliphatic rings. The van der Waals surface area contributed by atoms with E-state index in [1.165, 1.54) is 13.2 Å². The number of methoxy groups -OCH3 is 1. The highest BCUT2D eigenvalue weighted by molar-refractivity contribution is 6.23. The number of ketones is 1. The molecule has 0 saturated heterocycles. The number of hydrogen-bond acceptors (Lipinski definition) is 6. The Labute approximate surface area is 214 Å². The highest BCUT2D eigenvalue weighted by Gasteiger charge is 2.43. The molecule has 1 heterocycles. The molecule has 1 aliphatic carbocycles. The molecule has 0 saturated carbocycles. The molecule has 0 unspecified atom stereocenters. The van der Waals surface area contributed by atoms with Crippen molar-refractivity contribution in [1.29, 1.82) is 0 Å². The summed E-state index contributed by atoms with van der Waals surface area (Å²) >= 11 is 0. The van der Waals surface area contributed by atoms with Gasteiger partial charge in [0.15, 0.2) is 17.3 Å². The minimum atomic E-state index is -0.677. The molecule has 3 aromatic rings. The van der Waals surface area contributed by atoms with Gasteiger partial charge in [0.25, 0.3) is 0 Å². The van der Waals surface area contributed by atoms with E-state index in [1.807, 2.05) is 25.1 Å². The number of fused-ring (bicyclic) bond motifs is 2. The fourth-order valence-electron chi connectivity index (χ4n) is 4.91. The summed E-state index contributed by atoms with van der Waals surface area (Å²) < 4.78 is 31.0. The van der Waals surface area contributed by atoms with E-state index >= 15 is 0 Å². The number of allylic oxidation sites excluding steroid dienone is 2. The summed E-state index contributed by atoms with van der Waals surface area (Å²) in [7, 11) is 1.32. The average Bonchev–Trinajstić information content (AvgIpc) is 3.19. The lowest BCUT2D eigenvalue weighted by Gasteiger charge is -2.29. The normalized spacial score (nSPS) is 16.2. The van der Waals surface area contributed by atoms with Crippen molar-refractivity contribution < 1.29 is 28.2 Å². The lowest BCUT2D eigenvalue weighted by Crippen LogP contribution is -2.29. The number of dihydropyridines is 1. The van der Waals surface area contributed by atoms with Gasteiger partial charge in [-0.15, -0.1) is 0 Å². The second kappa shape index (κ2) is 9.93. The number of benzene rings is 3. The van der Waals surface area contributed by atoms with Crippen LogP contribution in [0.3, 0.4) is 0 Å². The highest BCUT2D eigenvalue weighted by Crippen LogP contribution is 2.48. The van der Waals surface area contributed by atoms with Crippen LogP contribution < -0.4 is 14.8 Å². The summed E-state index contributed by atoms with van der Waals surface area (Å²) in [6.45, 7) is 4.03. The van der Waals surface area contributed by atoms with Gasteiger partial charge in [-0.1, -0.05) is 48.5 Å². The topological polar surface area (TPSA) is 73.9 Å². The zero-order chi connectivity index (χ0) is 26.1. The summed E-state index contributed by atoms with van der Waals surface area (Å²) in [4.78, 5) is 26.5. The number of carbonyl (C=O) groups excluding carboxylic acids is 2. The SMILES string of the molecule is CCOc1cc([C@H]2C(C(=O)OC)=C(C)NC3=C2C(=O)c2ccccc23)ccc1OCc1ccccc1F. The Morgan fingerprint density at radius 3 is 2.43 bits per heavy atom. The molecule has 0 bridgehead atoms. The summed E-state index contributed by atoms with van der Waals surface area (Å²) in [5.74, 6) is -0.837. The van der Waals surface area contributed by atoms with Crippen molar-refractivity contribution in [3.63, 3.8) is 0 Å². The predicted octanol–water partition coefficient (Wildman–Crippen LogP) is 5.54. The first-order valence-corrected chi connectivity index (χ1v) is 12.0. The largest absolute Gasteiger partial charge is 0.490 e. The number of ether oxygens (including phenoxy) is 3. The van der Waals surface area contributed by atoms with E-state index < -0.39 is 11.9 Å². The summed E-state index contributed by atoms with van der Waals surface area (Å²) in [5, 5.41) is 3.27. The third-order valence-electron chi connectivity index (χ3n) is 6.60. The van der Waals surface area contributed by atoms with Crippen molar-refractivity contribution in [2.45, 2.75) is 26.4 Å². The van der Waals surface area contributed by atoms with Gasteiger partial charge in [-0.2, -0.15) is 0 Å². The fraction of sp³-hybridized carbons (Fsp3) is 0.200. The molecule has 0 radical (unpaired) electrons. The van der Waals surface area contributed by atoms with Crippen LogP contribution in [0.15, 0.2) is 83.6 Å². The van der Waals surface area contributed by atoms with Gasteiger partial charge >= 0.3 is 5.97 Å². The molecule has 1 aliphatic heterocycles. The maximum absolute atomic E-state index is 14.1. The third-order valence-corrected chi connectivity index (χ3v) is 6.60. The minimum Gasteiger partial charge on any atom is -0.490 e. The van der Waals surface area contributed by atoms with Crippen LogP contribution >= 0.6 is 0 Å². The van der Waals surface area contributed by atoms with Crippen molar-refractivity contribution >= 4 is 17.4 Å². The molecule has 5 rings (SSSR count). The first-order chi connectivity index (χ1) is 17.9. The lowest BCUT2D eigenvalue weighted by atomic mass is 9.79. The zero-order valence-electron chi connectivity index (χ0n) is 20.8. The quantitative estimate of drug-likeness (QED) is 0.430. The van der Waals surface area contributed by atoms with E-state index in [0.29, 0.717) is 57.3 Å². The second-order valence-corrected chi connectivity index (χ2v) is 8.77. The molecule has 6 nitrogen and oxygen atoms in total. The van der Waals surface area contributed by atoms with Gasteiger partial charge < -0.3 is 19.5 Å².